The second-order valence-electron chi connectivity index (χ2n) is 6.25. The Kier molecular flexibility index (Phi) is 5.52. The van der Waals surface area contributed by atoms with Crippen LogP contribution in [0, 0.1) is 5.82 Å². The third kappa shape index (κ3) is 4.32. The Bertz CT molecular complexity index is 966. The minimum absolute atomic E-state index is 0.0865. The molecule has 1 atom stereocenters. The third-order valence-corrected chi connectivity index (χ3v) is 4.32. The molecule has 0 aliphatic carbocycles. The van der Waals surface area contributed by atoms with E-state index in [4.69, 9.17) is 0 Å². The predicted molar refractivity (Wildman–Crippen MR) is 99.1 cm³/mol. The molecular weight excluding hydrogens is 349 g/mol. The minimum atomic E-state index is -0.940. The Morgan fingerprint density at radius 1 is 1.07 bits per heavy atom. The first kappa shape index (κ1) is 18.6. The van der Waals surface area contributed by atoms with Gasteiger partial charge in [-0.2, -0.15) is 0 Å². The van der Waals surface area contributed by atoms with E-state index in [1.54, 1.807) is 6.20 Å². The van der Waals surface area contributed by atoms with Gasteiger partial charge in [0.25, 0.3) is 0 Å². The van der Waals surface area contributed by atoms with Gasteiger partial charge < -0.3 is 20.3 Å². The Balaban J connectivity index is 1.54. The fourth-order valence-corrected chi connectivity index (χ4v) is 2.88. The first-order valence-electron chi connectivity index (χ1n) is 8.48. The summed E-state index contributed by atoms with van der Waals surface area (Å²) in [6.07, 6.45) is 0.862. The molecule has 0 saturated carbocycles. The van der Waals surface area contributed by atoms with Gasteiger partial charge in [0.2, 0.25) is 0 Å². The van der Waals surface area contributed by atoms with Gasteiger partial charge in [-0.3, -0.25) is 9.59 Å². The lowest BCUT2D eigenvalue weighted by Crippen LogP contribution is -2.41. The number of aromatic nitrogens is 1. The number of nitrogens with zero attached hydrogens (tertiary/aromatic N) is 1. The second kappa shape index (κ2) is 8.01. The Hall–Kier alpha value is -3.19. The summed E-state index contributed by atoms with van der Waals surface area (Å²) in [4.78, 5) is 23.8. The number of benzene rings is 2. The molecule has 27 heavy (non-hydrogen) atoms. The largest absolute Gasteiger partial charge is 0.386 e. The van der Waals surface area contributed by atoms with Gasteiger partial charge in [-0.15, -0.1) is 0 Å². The molecule has 0 unspecified atom stereocenters. The summed E-state index contributed by atoms with van der Waals surface area (Å²) in [5.74, 6) is -2.02. The molecule has 0 spiro atoms. The Morgan fingerprint density at radius 2 is 1.74 bits per heavy atom. The van der Waals surface area contributed by atoms with Crippen LogP contribution in [0.4, 0.5) is 4.39 Å². The van der Waals surface area contributed by atoms with Crippen molar-refractivity contribution in [2.45, 2.75) is 12.6 Å². The van der Waals surface area contributed by atoms with Gasteiger partial charge in [-0.1, -0.05) is 30.3 Å². The summed E-state index contributed by atoms with van der Waals surface area (Å²) in [6, 6.07) is 13.2. The van der Waals surface area contributed by atoms with Crippen LogP contribution in [-0.2, 0) is 23.2 Å². The molecule has 2 aromatic carbocycles. The SMILES string of the molecule is Cn1cc([C@H](O)CNC(=O)C(=O)NCc2ccc(F)cc2)c2ccccc21. The molecule has 2 amide bonds. The van der Waals surface area contributed by atoms with E-state index in [2.05, 4.69) is 10.6 Å². The molecule has 3 N–H and O–H groups in total. The highest BCUT2D eigenvalue weighted by atomic mass is 19.1. The zero-order valence-corrected chi connectivity index (χ0v) is 14.8. The number of aryl methyl sites for hydroxylation is 1. The van der Waals surface area contributed by atoms with Crippen molar-refractivity contribution in [1.82, 2.24) is 15.2 Å². The molecule has 7 heteroatoms. The highest BCUT2D eigenvalue weighted by Crippen LogP contribution is 2.25. The summed E-state index contributed by atoms with van der Waals surface area (Å²) >= 11 is 0. The van der Waals surface area contributed by atoms with Crippen LogP contribution in [0.5, 0.6) is 0 Å². The maximum atomic E-state index is 12.9. The fourth-order valence-electron chi connectivity index (χ4n) is 2.88. The first-order chi connectivity index (χ1) is 13.0. The molecule has 3 aromatic rings. The van der Waals surface area contributed by atoms with Crippen LogP contribution < -0.4 is 10.6 Å². The number of carbonyl (C=O) groups excluding carboxylic acids is 2. The van der Waals surface area contributed by atoms with Crippen molar-refractivity contribution < 1.29 is 19.1 Å². The highest BCUT2D eigenvalue weighted by molar-refractivity contribution is 6.35. The summed E-state index contributed by atoms with van der Waals surface area (Å²) in [5.41, 5.74) is 2.32. The van der Waals surface area contributed by atoms with Gasteiger partial charge in [0.15, 0.2) is 0 Å². The van der Waals surface area contributed by atoms with E-state index >= 15 is 0 Å². The Morgan fingerprint density at radius 3 is 2.48 bits per heavy atom. The molecular formula is C20H20FN3O3. The first-order valence-corrected chi connectivity index (χ1v) is 8.48. The fraction of sp³-hybridized carbons (Fsp3) is 0.200. The van der Waals surface area contributed by atoms with Crippen LogP contribution in [-0.4, -0.2) is 28.0 Å². The molecule has 3 rings (SSSR count). The van der Waals surface area contributed by atoms with Gasteiger partial charge >= 0.3 is 11.8 Å². The maximum Gasteiger partial charge on any atom is 0.309 e. The normalized spacial score (nSPS) is 12.0. The van der Waals surface area contributed by atoms with E-state index in [9.17, 15) is 19.1 Å². The number of carbonyl (C=O) groups is 2. The molecule has 140 valence electrons. The monoisotopic (exact) mass is 369 g/mol. The smallest absolute Gasteiger partial charge is 0.309 e. The average Bonchev–Trinajstić information content (AvgIpc) is 3.02. The molecule has 0 fully saturated rings. The van der Waals surface area contributed by atoms with E-state index in [1.807, 2.05) is 35.9 Å². The van der Waals surface area contributed by atoms with Crippen molar-refractivity contribution in [2.24, 2.45) is 7.05 Å². The minimum Gasteiger partial charge on any atom is -0.386 e. The van der Waals surface area contributed by atoms with Gasteiger partial charge in [0.05, 0.1) is 6.10 Å². The number of amides is 2. The molecule has 6 nitrogen and oxygen atoms in total. The Labute approximate surface area is 155 Å². The maximum absolute atomic E-state index is 12.9. The van der Waals surface area contributed by atoms with Crippen molar-refractivity contribution in [3.63, 3.8) is 0 Å². The summed E-state index contributed by atoms with van der Waals surface area (Å²) in [7, 11) is 1.88. The van der Waals surface area contributed by atoms with Crippen molar-refractivity contribution in [2.75, 3.05) is 6.54 Å². The number of halogens is 1. The van der Waals surface area contributed by atoms with Crippen LogP contribution in [0.3, 0.4) is 0 Å². The lowest BCUT2D eigenvalue weighted by atomic mass is 10.1. The quantitative estimate of drug-likeness (QED) is 0.600. The lowest BCUT2D eigenvalue weighted by molar-refractivity contribution is -0.139. The molecule has 1 heterocycles. The van der Waals surface area contributed by atoms with Gasteiger partial charge in [-0.25, -0.2) is 4.39 Å². The van der Waals surface area contributed by atoms with Crippen LogP contribution in [0.2, 0.25) is 0 Å². The molecule has 0 aliphatic heterocycles. The van der Waals surface area contributed by atoms with Gasteiger partial charge in [0, 0.05) is 42.8 Å². The van der Waals surface area contributed by atoms with Crippen molar-refractivity contribution in [3.05, 3.63) is 71.7 Å². The van der Waals surface area contributed by atoms with Crippen LogP contribution in [0.1, 0.15) is 17.2 Å². The summed E-state index contributed by atoms with van der Waals surface area (Å²) < 4.78 is 14.7. The van der Waals surface area contributed by atoms with Crippen LogP contribution >= 0.6 is 0 Å². The number of nitrogens with one attached hydrogen (secondary N) is 2. The molecule has 0 radical (unpaired) electrons. The van der Waals surface area contributed by atoms with Crippen LogP contribution in [0.15, 0.2) is 54.7 Å². The second-order valence-corrected chi connectivity index (χ2v) is 6.25. The number of fused-ring (bicyclic) bond motifs is 1. The van der Waals surface area contributed by atoms with Crippen molar-refractivity contribution >= 4 is 22.7 Å². The number of rotatable bonds is 5. The standard InChI is InChI=1S/C20H20FN3O3/c1-24-12-16(15-4-2-3-5-17(15)24)18(25)11-23-20(27)19(26)22-10-13-6-8-14(21)9-7-13/h2-9,12,18,25H,10-11H2,1H3,(H,22,26)(H,23,27)/t18-/m1/s1. The van der Waals surface area contributed by atoms with E-state index in [-0.39, 0.29) is 18.9 Å². The summed E-state index contributed by atoms with van der Waals surface area (Å²) in [5, 5.41) is 16.2. The van der Waals surface area contributed by atoms with Crippen molar-refractivity contribution in [1.29, 1.82) is 0 Å². The zero-order chi connectivity index (χ0) is 19.4. The molecule has 0 aliphatic rings. The zero-order valence-electron chi connectivity index (χ0n) is 14.8. The number of hydrogen-bond donors (Lipinski definition) is 3. The highest BCUT2D eigenvalue weighted by Gasteiger charge is 2.18. The average molecular weight is 369 g/mol. The van der Waals surface area contributed by atoms with Crippen LogP contribution in [0.25, 0.3) is 10.9 Å². The topological polar surface area (TPSA) is 83.4 Å². The van der Waals surface area contributed by atoms with E-state index < -0.39 is 17.9 Å². The number of aliphatic hydroxyl groups is 1. The number of hydrogen-bond acceptors (Lipinski definition) is 3. The molecule has 0 bridgehead atoms. The number of aliphatic hydroxyl groups excluding tert-OH is 1. The molecule has 0 saturated heterocycles. The van der Waals surface area contributed by atoms with Gasteiger partial charge in [0.1, 0.15) is 5.82 Å². The molecule has 1 aromatic heterocycles. The predicted octanol–water partition coefficient (Wildman–Crippen LogP) is 1.78. The van der Waals surface area contributed by atoms with E-state index in [1.165, 1.54) is 24.3 Å². The van der Waals surface area contributed by atoms with Gasteiger partial charge in [-0.05, 0) is 23.8 Å². The van der Waals surface area contributed by atoms with E-state index in [0.717, 1.165) is 10.9 Å². The van der Waals surface area contributed by atoms with E-state index in [0.29, 0.717) is 11.1 Å². The lowest BCUT2D eigenvalue weighted by Gasteiger charge is -2.11. The third-order valence-electron chi connectivity index (χ3n) is 4.32. The van der Waals surface area contributed by atoms with Crippen molar-refractivity contribution in [3.8, 4) is 0 Å². The number of para-hydroxylation sites is 1. The summed E-state index contributed by atoms with van der Waals surface area (Å²) in [6.45, 7) is 0.0230.